The third kappa shape index (κ3) is 7.04. The van der Waals surface area contributed by atoms with Crippen molar-refractivity contribution in [1.29, 1.82) is 0 Å². The summed E-state index contributed by atoms with van der Waals surface area (Å²) in [6.07, 6.45) is -0.584. The van der Waals surface area contributed by atoms with Crippen molar-refractivity contribution in [2.75, 3.05) is 40.5 Å². The highest BCUT2D eigenvalue weighted by molar-refractivity contribution is 5.31. The Balaban J connectivity index is 1.85. The molecular formula is C21H29NO4. The van der Waals surface area contributed by atoms with Crippen LogP contribution in [-0.4, -0.2) is 56.6 Å². The van der Waals surface area contributed by atoms with Gasteiger partial charge in [0.05, 0.1) is 13.7 Å². The van der Waals surface area contributed by atoms with E-state index >= 15 is 0 Å². The van der Waals surface area contributed by atoms with E-state index in [0.29, 0.717) is 18.9 Å². The van der Waals surface area contributed by atoms with Gasteiger partial charge in [0, 0.05) is 26.7 Å². The van der Waals surface area contributed by atoms with Gasteiger partial charge in [-0.25, -0.2) is 0 Å². The third-order valence-corrected chi connectivity index (χ3v) is 4.11. The fourth-order valence-corrected chi connectivity index (χ4v) is 2.62. The molecule has 0 amide bonds. The monoisotopic (exact) mass is 359 g/mol. The molecule has 0 spiro atoms. The van der Waals surface area contributed by atoms with Crippen molar-refractivity contribution in [2.24, 2.45) is 0 Å². The maximum absolute atomic E-state index is 10.4. The number of aliphatic hydroxyl groups excluding tert-OH is 1. The molecule has 2 rings (SSSR count). The van der Waals surface area contributed by atoms with E-state index in [1.54, 1.807) is 14.2 Å². The Morgan fingerprint density at radius 3 is 2.23 bits per heavy atom. The zero-order chi connectivity index (χ0) is 18.8. The molecule has 0 radical (unpaired) electrons. The second-order valence-electron chi connectivity index (χ2n) is 6.35. The van der Waals surface area contributed by atoms with E-state index in [2.05, 4.69) is 36.1 Å². The highest BCUT2D eigenvalue weighted by Gasteiger charge is 2.13. The molecule has 2 aromatic carbocycles. The molecule has 1 N–H and O–H groups in total. The number of rotatable bonds is 11. The van der Waals surface area contributed by atoms with Crippen molar-refractivity contribution in [1.82, 2.24) is 4.90 Å². The van der Waals surface area contributed by atoms with Crippen molar-refractivity contribution in [2.45, 2.75) is 19.6 Å². The van der Waals surface area contributed by atoms with Crippen molar-refractivity contribution >= 4 is 0 Å². The van der Waals surface area contributed by atoms with E-state index in [9.17, 15) is 5.11 Å². The number of hydrogen-bond donors (Lipinski definition) is 1. The van der Waals surface area contributed by atoms with E-state index in [1.165, 1.54) is 11.1 Å². The number of benzene rings is 2. The van der Waals surface area contributed by atoms with Crippen LogP contribution in [0.3, 0.4) is 0 Å². The SMILES string of the molecule is COCCN(Cc1ccc(C)cc1)C[C@@H](O)COc1ccc(OC)cc1. The van der Waals surface area contributed by atoms with Crippen LogP contribution in [-0.2, 0) is 11.3 Å². The predicted molar refractivity (Wildman–Crippen MR) is 103 cm³/mol. The van der Waals surface area contributed by atoms with Crippen LogP contribution < -0.4 is 9.47 Å². The summed E-state index contributed by atoms with van der Waals surface area (Å²) in [5.41, 5.74) is 2.46. The zero-order valence-corrected chi connectivity index (χ0v) is 15.9. The van der Waals surface area contributed by atoms with Crippen LogP contribution in [0, 0.1) is 6.92 Å². The van der Waals surface area contributed by atoms with Crippen LogP contribution in [0.1, 0.15) is 11.1 Å². The van der Waals surface area contributed by atoms with Crippen molar-refractivity contribution in [3.63, 3.8) is 0 Å². The fraction of sp³-hybridized carbons (Fsp3) is 0.429. The molecule has 0 aliphatic heterocycles. The normalized spacial score (nSPS) is 12.2. The number of aryl methyl sites for hydroxylation is 1. The van der Waals surface area contributed by atoms with Crippen LogP contribution in [0.2, 0.25) is 0 Å². The van der Waals surface area contributed by atoms with E-state index in [-0.39, 0.29) is 6.61 Å². The van der Waals surface area contributed by atoms with Gasteiger partial charge < -0.3 is 19.3 Å². The lowest BCUT2D eigenvalue weighted by Crippen LogP contribution is -2.37. The highest BCUT2D eigenvalue weighted by atomic mass is 16.5. The molecule has 0 unspecified atom stereocenters. The Morgan fingerprint density at radius 2 is 1.62 bits per heavy atom. The molecule has 0 fully saturated rings. The molecule has 0 aliphatic rings. The van der Waals surface area contributed by atoms with Crippen molar-refractivity contribution < 1.29 is 19.3 Å². The lowest BCUT2D eigenvalue weighted by molar-refractivity contribution is 0.0542. The molecule has 5 heteroatoms. The molecule has 0 saturated carbocycles. The molecule has 5 nitrogen and oxygen atoms in total. The summed E-state index contributed by atoms with van der Waals surface area (Å²) in [5.74, 6) is 1.49. The summed E-state index contributed by atoms with van der Waals surface area (Å²) in [5, 5.41) is 10.4. The summed E-state index contributed by atoms with van der Waals surface area (Å²) in [6.45, 7) is 4.98. The molecule has 1 atom stereocenters. The molecule has 0 bridgehead atoms. The first kappa shape index (κ1) is 20.2. The lowest BCUT2D eigenvalue weighted by Gasteiger charge is -2.25. The number of aliphatic hydroxyl groups is 1. The van der Waals surface area contributed by atoms with Crippen LogP contribution in [0.15, 0.2) is 48.5 Å². The second kappa shape index (κ2) is 10.8. The Bertz CT molecular complexity index is 627. The number of methoxy groups -OCH3 is 2. The van der Waals surface area contributed by atoms with Gasteiger partial charge in [-0.15, -0.1) is 0 Å². The Hall–Kier alpha value is -2.08. The number of hydrogen-bond acceptors (Lipinski definition) is 5. The Morgan fingerprint density at radius 1 is 0.962 bits per heavy atom. The maximum Gasteiger partial charge on any atom is 0.119 e. The van der Waals surface area contributed by atoms with Gasteiger partial charge in [0.2, 0.25) is 0 Å². The minimum atomic E-state index is -0.584. The smallest absolute Gasteiger partial charge is 0.119 e. The fourth-order valence-electron chi connectivity index (χ4n) is 2.62. The summed E-state index contributed by atoms with van der Waals surface area (Å²) >= 11 is 0. The Kier molecular flexibility index (Phi) is 8.41. The quantitative estimate of drug-likeness (QED) is 0.669. The van der Waals surface area contributed by atoms with E-state index < -0.39 is 6.10 Å². The van der Waals surface area contributed by atoms with Gasteiger partial charge in [-0.05, 0) is 36.8 Å². The van der Waals surface area contributed by atoms with Gasteiger partial charge in [-0.1, -0.05) is 29.8 Å². The summed E-state index contributed by atoms with van der Waals surface area (Å²) in [6, 6.07) is 15.8. The molecule has 142 valence electrons. The van der Waals surface area contributed by atoms with Gasteiger partial charge in [-0.2, -0.15) is 0 Å². The van der Waals surface area contributed by atoms with Crippen LogP contribution in [0.5, 0.6) is 11.5 Å². The molecule has 26 heavy (non-hydrogen) atoms. The first-order valence-electron chi connectivity index (χ1n) is 8.82. The van der Waals surface area contributed by atoms with Gasteiger partial charge in [-0.3, -0.25) is 4.90 Å². The number of nitrogens with zero attached hydrogens (tertiary/aromatic N) is 1. The summed E-state index contributed by atoms with van der Waals surface area (Å²) < 4.78 is 16.0. The summed E-state index contributed by atoms with van der Waals surface area (Å²) in [7, 11) is 3.32. The molecule has 2 aromatic rings. The van der Waals surface area contributed by atoms with Gasteiger partial charge in [0.1, 0.15) is 24.2 Å². The second-order valence-corrected chi connectivity index (χ2v) is 6.35. The molecular weight excluding hydrogens is 330 g/mol. The standard InChI is InChI=1S/C21H29NO4/c1-17-4-6-18(7-5-17)14-22(12-13-24-2)15-19(23)16-26-21-10-8-20(25-3)9-11-21/h4-11,19,23H,12-16H2,1-3H3/t19-/m1/s1. The lowest BCUT2D eigenvalue weighted by atomic mass is 10.1. The molecule has 0 saturated heterocycles. The maximum atomic E-state index is 10.4. The van der Waals surface area contributed by atoms with E-state index in [0.717, 1.165) is 18.8 Å². The third-order valence-electron chi connectivity index (χ3n) is 4.11. The van der Waals surface area contributed by atoms with Gasteiger partial charge in [0.25, 0.3) is 0 Å². The van der Waals surface area contributed by atoms with Gasteiger partial charge in [0.15, 0.2) is 0 Å². The molecule has 0 aromatic heterocycles. The average molecular weight is 359 g/mol. The predicted octanol–water partition coefficient (Wildman–Crippen LogP) is 2.89. The van der Waals surface area contributed by atoms with E-state index in [4.69, 9.17) is 14.2 Å². The first-order valence-corrected chi connectivity index (χ1v) is 8.82. The van der Waals surface area contributed by atoms with Crippen LogP contribution in [0.25, 0.3) is 0 Å². The highest BCUT2D eigenvalue weighted by Crippen LogP contribution is 2.17. The van der Waals surface area contributed by atoms with Gasteiger partial charge >= 0.3 is 0 Å². The zero-order valence-electron chi connectivity index (χ0n) is 15.9. The van der Waals surface area contributed by atoms with Crippen molar-refractivity contribution in [3.05, 3.63) is 59.7 Å². The van der Waals surface area contributed by atoms with Crippen molar-refractivity contribution in [3.8, 4) is 11.5 Å². The molecule has 0 aliphatic carbocycles. The Labute approximate surface area is 156 Å². The average Bonchev–Trinajstić information content (AvgIpc) is 2.66. The first-order chi connectivity index (χ1) is 12.6. The van der Waals surface area contributed by atoms with Crippen LogP contribution in [0.4, 0.5) is 0 Å². The minimum Gasteiger partial charge on any atom is -0.497 e. The minimum absolute atomic E-state index is 0.240. The largest absolute Gasteiger partial charge is 0.497 e. The van der Waals surface area contributed by atoms with E-state index in [1.807, 2.05) is 24.3 Å². The molecule has 0 heterocycles. The summed E-state index contributed by atoms with van der Waals surface area (Å²) in [4.78, 5) is 2.18. The van der Waals surface area contributed by atoms with Crippen LogP contribution >= 0.6 is 0 Å². The topological polar surface area (TPSA) is 51.2 Å². The number of ether oxygens (including phenoxy) is 3.